The van der Waals surface area contributed by atoms with Gasteiger partial charge in [-0.3, -0.25) is 0 Å². The van der Waals surface area contributed by atoms with E-state index in [0.717, 1.165) is 57.8 Å². The van der Waals surface area contributed by atoms with Gasteiger partial charge in [0.05, 0.1) is 0 Å². The minimum Gasteiger partial charge on any atom is -0.550 e. The van der Waals surface area contributed by atoms with Gasteiger partial charge in [-0.25, -0.2) is 0 Å². The number of hydrogen-bond acceptors (Lipinski definition) is 6. The van der Waals surface area contributed by atoms with Crippen LogP contribution in [0.15, 0.2) is 0 Å². The molecule has 0 spiro atoms. The molecule has 0 aliphatic heterocycles. The van der Waals surface area contributed by atoms with Crippen LogP contribution in [-0.4, -0.2) is 17.9 Å². The minimum absolute atomic E-state index is 0. The van der Waals surface area contributed by atoms with E-state index in [2.05, 4.69) is 62.3 Å². The van der Waals surface area contributed by atoms with E-state index in [1.54, 1.807) is 0 Å². The molecule has 0 rings (SSSR count). The summed E-state index contributed by atoms with van der Waals surface area (Å²) in [5, 5.41) is 30.1. The van der Waals surface area contributed by atoms with Crippen molar-refractivity contribution in [2.45, 2.75) is 159 Å². The average Bonchev–Trinajstić information content (AvgIpc) is 2.65. The van der Waals surface area contributed by atoms with Crippen molar-refractivity contribution in [3.05, 3.63) is 0 Å². The molecule has 0 aliphatic carbocycles. The molecule has 0 saturated carbocycles. The van der Waals surface area contributed by atoms with Crippen LogP contribution in [0.1, 0.15) is 159 Å². The summed E-state index contributed by atoms with van der Waals surface area (Å²) in [6.07, 6.45) is 12.8. The van der Waals surface area contributed by atoms with E-state index >= 15 is 0 Å². The Morgan fingerprint density at radius 2 is 0.595 bits per heavy atom. The topological polar surface area (TPSA) is 120 Å². The molecule has 0 aromatic heterocycles. The van der Waals surface area contributed by atoms with Crippen LogP contribution in [0, 0.1) is 16.2 Å². The summed E-state index contributed by atoms with van der Waals surface area (Å²) in [5.74, 6) is -2.78. The Labute approximate surface area is 243 Å². The maximum absolute atomic E-state index is 10.0. The third-order valence-electron chi connectivity index (χ3n) is 5.42. The molecule has 0 heterocycles. The molecule has 0 aliphatic rings. The smallest absolute Gasteiger partial charge is 0.550 e. The van der Waals surface area contributed by atoms with E-state index in [4.69, 9.17) is 0 Å². The monoisotopic (exact) mass is 561 g/mol. The molecular formula is C30H57O6Ti. The van der Waals surface area contributed by atoms with E-state index in [1.807, 2.05) is 0 Å². The first-order valence-corrected chi connectivity index (χ1v) is 13.8. The van der Waals surface area contributed by atoms with E-state index in [1.165, 1.54) is 19.3 Å². The van der Waals surface area contributed by atoms with Gasteiger partial charge in [0.1, 0.15) is 0 Å². The number of carbonyl (C=O) groups is 3. The number of carbonyl (C=O) groups excluding carboxylic acids is 3. The Hall–Kier alpha value is -0.876. The summed E-state index contributed by atoms with van der Waals surface area (Å²) in [6, 6.07) is 0. The van der Waals surface area contributed by atoms with Crippen molar-refractivity contribution in [1.29, 1.82) is 0 Å². The Kier molecular flexibility index (Phi) is 28.2. The van der Waals surface area contributed by atoms with Gasteiger partial charge in [0, 0.05) is 17.9 Å². The molecule has 0 saturated heterocycles. The number of carboxylic acid groups (broad SMARTS) is 3. The van der Waals surface area contributed by atoms with Gasteiger partial charge >= 0.3 is 21.7 Å². The Morgan fingerprint density at radius 1 is 0.405 bits per heavy atom. The van der Waals surface area contributed by atoms with Gasteiger partial charge in [0.25, 0.3) is 0 Å². The maximum atomic E-state index is 10.0. The molecule has 0 fully saturated rings. The third-order valence-corrected chi connectivity index (χ3v) is 5.42. The van der Waals surface area contributed by atoms with Crippen LogP contribution in [0.4, 0.5) is 0 Å². The van der Waals surface area contributed by atoms with Crippen LogP contribution in [0.5, 0.6) is 0 Å². The van der Waals surface area contributed by atoms with Crippen molar-refractivity contribution in [3.63, 3.8) is 0 Å². The SMILES string of the molecule is CC(C)(C)CCCCCC(=O)[O-].CC(C)(C)CCCCCC(=O)[O-].CC(C)(C)CCCCCC(=O)[O-].[Ti+3]. The number of unbranched alkanes of at least 4 members (excludes halogenated alkanes) is 6. The molecule has 0 N–H and O–H groups in total. The van der Waals surface area contributed by atoms with E-state index in [0.29, 0.717) is 16.2 Å². The molecule has 0 unspecified atom stereocenters. The average molecular weight is 562 g/mol. The minimum atomic E-state index is -0.925. The van der Waals surface area contributed by atoms with Crippen LogP contribution >= 0.6 is 0 Å². The van der Waals surface area contributed by atoms with E-state index in [9.17, 15) is 29.7 Å². The molecular weight excluding hydrogens is 504 g/mol. The van der Waals surface area contributed by atoms with Crippen LogP contribution in [-0.2, 0) is 36.1 Å². The number of aliphatic carboxylic acids is 3. The second-order valence-electron chi connectivity index (χ2n) is 13.5. The predicted octanol–water partition coefficient (Wildman–Crippen LogP) is 5.20. The van der Waals surface area contributed by atoms with Gasteiger partial charge in [-0.15, -0.1) is 0 Å². The fourth-order valence-electron chi connectivity index (χ4n) is 3.30. The predicted molar refractivity (Wildman–Crippen MR) is 143 cm³/mol. The molecule has 217 valence electrons. The van der Waals surface area contributed by atoms with E-state index in [-0.39, 0.29) is 41.0 Å². The van der Waals surface area contributed by atoms with Crippen molar-refractivity contribution in [2.24, 2.45) is 16.2 Å². The van der Waals surface area contributed by atoms with Crippen LogP contribution in [0.25, 0.3) is 0 Å². The summed E-state index contributed by atoms with van der Waals surface area (Å²) < 4.78 is 0. The molecule has 0 bridgehead atoms. The van der Waals surface area contributed by atoms with Crippen molar-refractivity contribution >= 4 is 17.9 Å². The largest absolute Gasteiger partial charge is 3.00 e. The van der Waals surface area contributed by atoms with Crippen molar-refractivity contribution in [2.75, 3.05) is 0 Å². The van der Waals surface area contributed by atoms with Gasteiger partial charge in [-0.2, -0.15) is 0 Å². The standard InChI is InChI=1S/3C10H20O2.Ti/c3*1-10(2,3)8-6-4-5-7-9(11)12;/h3*4-8H2,1-3H3,(H,11,12);/q;;;+3/p-3. The Morgan fingerprint density at radius 3 is 0.730 bits per heavy atom. The molecule has 1 radical (unpaired) electrons. The zero-order chi connectivity index (χ0) is 28.8. The Balaban J connectivity index is -0.000000218. The van der Waals surface area contributed by atoms with Gasteiger partial charge < -0.3 is 29.7 Å². The first kappa shape index (κ1) is 43.2. The number of carboxylic acids is 3. The van der Waals surface area contributed by atoms with Gasteiger partial charge in [0.15, 0.2) is 0 Å². The Bertz CT molecular complexity index is 487. The third kappa shape index (κ3) is 56.5. The molecule has 7 heteroatoms. The van der Waals surface area contributed by atoms with Gasteiger partial charge in [0.2, 0.25) is 0 Å². The number of hydrogen-bond donors (Lipinski definition) is 0. The molecule has 37 heavy (non-hydrogen) atoms. The molecule has 6 nitrogen and oxygen atoms in total. The van der Waals surface area contributed by atoms with E-state index < -0.39 is 17.9 Å². The zero-order valence-corrected chi connectivity index (χ0v) is 27.1. The quantitative estimate of drug-likeness (QED) is 0.200. The van der Waals surface area contributed by atoms with Gasteiger partial charge in [-0.1, -0.05) is 101 Å². The second kappa shape index (κ2) is 24.2. The van der Waals surface area contributed by atoms with Crippen LogP contribution in [0.2, 0.25) is 0 Å². The first-order valence-electron chi connectivity index (χ1n) is 13.8. The summed E-state index contributed by atoms with van der Waals surface area (Å²) in [7, 11) is 0. The first-order chi connectivity index (χ1) is 16.2. The fourth-order valence-corrected chi connectivity index (χ4v) is 3.30. The molecule has 0 atom stereocenters. The summed E-state index contributed by atoms with van der Waals surface area (Å²) in [6.45, 7) is 19.8. The van der Waals surface area contributed by atoms with Crippen molar-refractivity contribution < 1.29 is 51.4 Å². The normalized spacial score (nSPS) is 11.3. The molecule has 0 amide bonds. The van der Waals surface area contributed by atoms with Crippen molar-refractivity contribution in [3.8, 4) is 0 Å². The second-order valence-corrected chi connectivity index (χ2v) is 13.5. The summed E-state index contributed by atoms with van der Waals surface area (Å²) in [4.78, 5) is 30.1. The van der Waals surface area contributed by atoms with Crippen LogP contribution < -0.4 is 15.3 Å². The summed E-state index contributed by atoms with van der Waals surface area (Å²) in [5.41, 5.74) is 1.13. The van der Waals surface area contributed by atoms with Crippen molar-refractivity contribution in [1.82, 2.24) is 0 Å². The van der Waals surface area contributed by atoms with Gasteiger partial charge in [-0.05, 0) is 74.0 Å². The molecule has 0 aromatic carbocycles. The zero-order valence-electron chi connectivity index (χ0n) is 25.6. The fraction of sp³-hybridized carbons (Fsp3) is 0.900. The molecule has 0 aromatic rings. The maximum Gasteiger partial charge on any atom is 3.00 e. The van der Waals surface area contributed by atoms with Crippen LogP contribution in [0.3, 0.4) is 0 Å². The summed E-state index contributed by atoms with van der Waals surface area (Å²) >= 11 is 0. The number of rotatable bonds is 15.